The lowest BCUT2D eigenvalue weighted by molar-refractivity contribution is -0.182. The minimum atomic E-state index is -0.578. The van der Waals surface area contributed by atoms with Crippen molar-refractivity contribution in [3.05, 3.63) is 24.3 Å². The van der Waals surface area contributed by atoms with Gasteiger partial charge >= 0.3 is 0 Å². The van der Waals surface area contributed by atoms with Gasteiger partial charge in [-0.05, 0) is 31.3 Å². The van der Waals surface area contributed by atoms with Crippen molar-refractivity contribution >= 4 is 5.78 Å². The van der Waals surface area contributed by atoms with Crippen LogP contribution in [-0.4, -0.2) is 23.8 Å². The van der Waals surface area contributed by atoms with Gasteiger partial charge in [-0.25, -0.2) is 0 Å². The van der Waals surface area contributed by atoms with Crippen LogP contribution in [0.5, 0.6) is 0 Å². The third-order valence-electron chi connectivity index (χ3n) is 5.44. The Kier molecular flexibility index (Phi) is 3.18. The first kappa shape index (κ1) is 14.0. The van der Waals surface area contributed by atoms with E-state index in [0.29, 0.717) is 0 Å². The minimum Gasteiger partial charge on any atom is -0.343 e. The molecule has 2 bridgehead atoms. The van der Waals surface area contributed by atoms with Gasteiger partial charge in [0.05, 0.1) is 0 Å². The second-order valence-corrected chi connectivity index (χ2v) is 6.59. The van der Waals surface area contributed by atoms with E-state index in [1.54, 1.807) is 0 Å². The summed E-state index contributed by atoms with van der Waals surface area (Å²) in [5.41, 5.74) is 0.927. The molecule has 0 aromatic carbocycles. The van der Waals surface area contributed by atoms with Crippen LogP contribution >= 0.6 is 0 Å². The SMILES string of the molecule is C=CC1=CC[C@@]2(C)C[C@@H]1[C@@H]1OC(CC)(CC)O[C@@H]1C2=O. The Hall–Kier alpha value is -0.930. The van der Waals surface area contributed by atoms with Crippen molar-refractivity contribution in [3.63, 3.8) is 0 Å². The Balaban J connectivity index is 2.01. The van der Waals surface area contributed by atoms with Gasteiger partial charge in [-0.3, -0.25) is 4.79 Å². The monoisotopic (exact) mass is 276 g/mol. The fraction of sp³-hybridized carbons (Fsp3) is 0.706. The zero-order chi connectivity index (χ0) is 14.5. The maximum Gasteiger partial charge on any atom is 0.170 e. The summed E-state index contributed by atoms with van der Waals surface area (Å²) in [5, 5.41) is 0. The van der Waals surface area contributed by atoms with Crippen molar-refractivity contribution < 1.29 is 14.3 Å². The number of fused-ring (bicyclic) bond motifs is 4. The molecule has 3 nitrogen and oxygen atoms in total. The molecule has 0 spiro atoms. The van der Waals surface area contributed by atoms with Gasteiger partial charge in [-0.15, -0.1) is 0 Å². The van der Waals surface area contributed by atoms with Crippen molar-refractivity contribution in [1.82, 2.24) is 0 Å². The molecule has 0 N–H and O–H groups in total. The molecule has 1 saturated heterocycles. The number of Topliss-reactive ketones (excluding diaryl/α,β-unsaturated/α-hetero) is 1. The van der Waals surface area contributed by atoms with Crippen molar-refractivity contribution in [2.75, 3.05) is 0 Å². The lowest BCUT2D eigenvalue weighted by atomic mass is 9.60. The number of carbonyl (C=O) groups is 1. The number of ketones is 1. The maximum absolute atomic E-state index is 12.8. The van der Waals surface area contributed by atoms with E-state index in [2.05, 4.69) is 33.4 Å². The Morgan fingerprint density at radius 1 is 1.40 bits per heavy atom. The summed E-state index contributed by atoms with van der Waals surface area (Å²) in [6.07, 6.45) is 6.75. The third-order valence-corrected chi connectivity index (χ3v) is 5.44. The van der Waals surface area contributed by atoms with E-state index in [-0.39, 0.29) is 23.2 Å². The number of ether oxygens (including phenoxy) is 2. The van der Waals surface area contributed by atoms with E-state index in [1.165, 1.54) is 5.57 Å². The van der Waals surface area contributed by atoms with Crippen molar-refractivity contribution in [3.8, 4) is 0 Å². The molecule has 3 rings (SSSR count). The highest BCUT2D eigenvalue weighted by molar-refractivity contribution is 5.91. The van der Waals surface area contributed by atoms with Crippen LogP contribution in [0, 0.1) is 11.3 Å². The molecule has 0 radical (unpaired) electrons. The second kappa shape index (κ2) is 4.54. The van der Waals surface area contributed by atoms with E-state index in [9.17, 15) is 4.79 Å². The van der Waals surface area contributed by atoms with Gasteiger partial charge in [0.15, 0.2) is 11.6 Å². The average molecular weight is 276 g/mol. The fourth-order valence-electron chi connectivity index (χ4n) is 3.98. The van der Waals surface area contributed by atoms with Gasteiger partial charge in [-0.1, -0.05) is 39.5 Å². The Bertz CT molecular complexity index is 475. The van der Waals surface area contributed by atoms with E-state index in [1.807, 2.05) is 6.08 Å². The number of rotatable bonds is 3. The molecule has 110 valence electrons. The standard InChI is InChI=1S/C17H24O3/c1-5-11-8-9-16(4)10-12(11)13-14(15(16)18)20-17(6-2,7-3)19-13/h5,8,12-14H,1,6-7,9-10H2,2-4H3/t12-,13-,14-,16-/m0/s1. The molecule has 0 unspecified atom stereocenters. The lowest BCUT2D eigenvalue weighted by Gasteiger charge is -2.45. The number of allylic oxidation sites excluding steroid dienone is 2. The predicted molar refractivity (Wildman–Crippen MR) is 77.2 cm³/mol. The van der Waals surface area contributed by atoms with Crippen LogP contribution in [0.2, 0.25) is 0 Å². The summed E-state index contributed by atoms with van der Waals surface area (Å²) in [5.74, 6) is -0.110. The van der Waals surface area contributed by atoms with Crippen molar-refractivity contribution in [1.29, 1.82) is 0 Å². The summed E-state index contributed by atoms with van der Waals surface area (Å²) < 4.78 is 12.4. The normalized spacial score (nSPS) is 42.0. The highest BCUT2D eigenvalue weighted by atomic mass is 16.8. The Labute approximate surface area is 121 Å². The molecule has 20 heavy (non-hydrogen) atoms. The molecular formula is C17H24O3. The average Bonchev–Trinajstić information content (AvgIpc) is 2.86. The van der Waals surface area contributed by atoms with E-state index < -0.39 is 11.9 Å². The molecule has 0 aromatic rings. The number of hydrogen-bond acceptors (Lipinski definition) is 3. The number of carbonyl (C=O) groups excluding carboxylic acids is 1. The molecule has 1 aliphatic heterocycles. The first-order valence-corrected chi connectivity index (χ1v) is 7.71. The van der Waals surface area contributed by atoms with E-state index >= 15 is 0 Å². The molecule has 3 heteroatoms. The van der Waals surface area contributed by atoms with Crippen molar-refractivity contribution in [2.24, 2.45) is 11.3 Å². The van der Waals surface area contributed by atoms with Gasteiger partial charge in [-0.2, -0.15) is 0 Å². The molecule has 0 amide bonds. The number of hydrogen-bond donors (Lipinski definition) is 0. The van der Waals surface area contributed by atoms with E-state index in [4.69, 9.17) is 9.47 Å². The van der Waals surface area contributed by atoms with Gasteiger partial charge in [0.1, 0.15) is 12.2 Å². The fourth-order valence-corrected chi connectivity index (χ4v) is 3.98. The molecule has 0 aromatic heterocycles. The summed E-state index contributed by atoms with van der Waals surface area (Å²) in [4.78, 5) is 12.8. The molecule has 4 atom stereocenters. The van der Waals surface area contributed by atoms with Crippen LogP contribution in [0.15, 0.2) is 24.3 Å². The van der Waals surface area contributed by atoms with Crippen LogP contribution in [0.1, 0.15) is 46.5 Å². The van der Waals surface area contributed by atoms with Crippen LogP contribution in [0.25, 0.3) is 0 Å². The van der Waals surface area contributed by atoms with Crippen molar-refractivity contribution in [2.45, 2.75) is 64.4 Å². The zero-order valence-corrected chi connectivity index (χ0v) is 12.6. The molecule has 3 aliphatic rings. The molecular weight excluding hydrogens is 252 g/mol. The van der Waals surface area contributed by atoms with Crippen LogP contribution in [-0.2, 0) is 14.3 Å². The minimum absolute atomic E-state index is 0.139. The van der Waals surface area contributed by atoms with Crippen LogP contribution in [0.3, 0.4) is 0 Å². The Morgan fingerprint density at radius 2 is 2.10 bits per heavy atom. The Morgan fingerprint density at radius 3 is 2.70 bits per heavy atom. The smallest absolute Gasteiger partial charge is 0.170 e. The van der Waals surface area contributed by atoms with Gasteiger partial charge in [0, 0.05) is 11.3 Å². The summed E-state index contributed by atoms with van der Waals surface area (Å²) in [6, 6.07) is 0. The molecule has 2 fully saturated rings. The van der Waals surface area contributed by atoms with Crippen LogP contribution in [0.4, 0.5) is 0 Å². The van der Waals surface area contributed by atoms with Gasteiger partial charge < -0.3 is 9.47 Å². The largest absolute Gasteiger partial charge is 0.343 e. The predicted octanol–water partition coefficient (Wildman–Crippen LogP) is 3.40. The zero-order valence-electron chi connectivity index (χ0n) is 12.6. The molecule has 1 saturated carbocycles. The summed E-state index contributed by atoms with van der Waals surface area (Å²) in [6.45, 7) is 10.1. The first-order valence-electron chi connectivity index (χ1n) is 7.71. The lowest BCUT2D eigenvalue weighted by Crippen LogP contribution is -2.53. The summed E-state index contributed by atoms with van der Waals surface area (Å²) in [7, 11) is 0. The highest BCUT2D eigenvalue weighted by Crippen LogP contribution is 2.53. The summed E-state index contributed by atoms with van der Waals surface area (Å²) >= 11 is 0. The first-order chi connectivity index (χ1) is 9.48. The maximum atomic E-state index is 12.8. The van der Waals surface area contributed by atoms with Crippen LogP contribution < -0.4 is 0 Å². The quantitative estimate of drug-likeness (QED) is 0.792. The third kappa shape index (κ3) is 1.76. The molecule has 1 heterocycles. The topological polar surface area (TPSA) is 35.5 Å². The van der Waals surface area contributed by atoms with Gasteiger partial charge in [0.2, 0.25) is 0 Å². The highest BCUT2D eigenvalue weighted by Gasteiger charge is 2.60. The van der Waals surface area contributed by atoms with Gasteiger partial charge in [0.25, 0.3) is 0 Å². The second-order valence-electron chi connectivity index (χ2n) is 6.59. The molecule has 2 aliphatic carbocycles. The van der Waals surface area contributed by atoms with E-state index in [0.717, 1.165) is 25.7 Å².